The molecule has 0 spiro atoms. The predicted octanol–water partition coefficient (Wildman–Crippen LogP) is 5.71. The van der Waals surface area contributed by atoms with E-state index in [1.165, 1.54) is 35.2 Å². The van der Waals surface area contributed by atoms with Crippen molar-refractivity contribution in [2.45, 2.75) is 57.2 Å². The third kappa shape index (κ3) is 5.64. The molecule has 1 aromatic carbocycles. The first-order chi connectivity index (χ1) is 15.6. The van der Waals surface area contributed by atoms with E-state index >= 15 is 0 Å². The Balaban J connectivity index is 1.68. The van der Waals surface area contributed by atoms with Gasteiger partial charge in [0.2, 0.25) is 11.8 Å². The third-order valence-corrected chi connectivity index (χ3v) is 7.58. The van der Waals surface area contributed by atoms with Gasteiger partial charge >= 0.3 is 0 Å². The van der Waals surface area contributed by atoms with Crippen LogP contribution in [0.1, 0.15) is 53.5 Å². The fraction of sp³-hybridized carbons (Fsp3) is 0.360. The number of thiophene rings is 2. The molecule has 0 bridgehead atoms. The van der Waals surface area contributed by atoms with Gasteiger partial charge in [-0.15, -0.1) is 22.7 Å². The molecule has 7 heteroatoms. The summed E-state index contributed by atoms with van der Waals surface area (Å²) in [4.78, 5) is 30.5. The Morgan fingerprint density at radius 3 is 2.31 bits per heavy atom. The Morgan fingerprint density at radius 2 is 1.66 bits per heavy atom. The second kappa shape index (κ2) is 10.9. The number of carbonyl (C=O) groups is 2. The van der Waals surface area contributed by atoms with Crippen molar-refractivity contribution in [1.29, 1.82) is 0 Å². The predicted molar refractivity (Wildman–Crippen MR) is 127 cm³/mol. The van der Waals surface area contributed by atoms with Crippen LogP contribution in [0.4, 0.5) is 4.39 Å². The fourth-order valence-electron chi connectivity index (χ4n) is 4.23. The summed E-state index contributed by atoms with van der Waals surface area (Å²) >= 11 is 3.03. The topological polar surface area (TPSA) is 49.4 Å². The molecule has 0 saturated heterocycles. The number of hydrogen-bond donors (Lipinski definition) is 1. The molecule has 1 N–H and O–H groups in total. The maximum atomic E-state index is 14.9. The minimum absolute atomic E-state index is 0.0708. The molecule has 2 heterocycles. The summed E-state index contributed by atoms with van der Waals surface area (Å²) in [6.07, 6.45) is 5.35. The Kier molecular flexibility index (Phi) is 7.71. The van der Waals surface area contributed by atoms with Crippen molar-refractivity contribution in [3.63, 3.8) is 0 Å². The average molecular weight is 471 g/mol. The zero-order chi connectivity index (χ0) is 22.3. The van der Waals surface area contributed by atoms with Crippen molar-refractivity contribution in [3.8, 4) is 0 Å². The molecule has 1 fully saturated rings. The Bertz CT molecular complexity index is 1010. The number of rotatable bonds is 8. The molecule has 4 nitrogen and oxygen atoms in total. The van der Waals surface area contributed by atoms with Gasteiger partial charge in [-0.2, -0.15) is 0 Å². The molecule has 3 aromatic rings. The van der Waals surface area contributed by atoms with Gasteiger partial charge in [-0.1, -0.05) is 49.6 Å². The molecule has 2 amide bonds. The van der Waals surface area contributed by atoms with Crippen LogP contribution in [0.25, 0.3) is 0 Å². The molecule has 0 aliphatic heterocycles. The van der Waals surface area contributed by atoms with E-state index < -0.39 is 11.9 Å². The van der Waals surface area contributed by atoms with Crippen LogP contribution >= 0.6 is 22.7 Å². The molecule has 1 saturated carbocycles. The second-order valence-corrected chi connectivity index (χ2v) is 10.2. The normalized spacial score (nSPS) is 15.3. The summed E-state index contributed by atoms with van der Waals surface area (Å²) in [5.41, 5.74) is 0.233. The highest BCUT2D eigenvalue weighted by Crippen LogP contribution is 2.29. The number of amides is 2. The summed E-state index contributed by atoms with van der Waals surface area (Å²) in [7, 11) is 0. The number of nitrogens with zero attached hydrogens (tertiary/aromatic N) is 1. The van der Waals surface area contributed by atoms with Crippen LogP contribution in [-0.2, 0) is 22.6 Å². The second-order valence-electron chi connectivity index (χ2n) is 8.12. The maximum absolute atomic E-state index is 14.9. The number of benzene rings is 1. The molecule has 4 rings (SSSR count). The van der Waals surface area contributed by atoms with Crippen LogP contribution in [0.15, 0.2) is 59.3 Å². The number of nitrogens with one attached hydrogen (secondary N) is 1. The molecule has 32 heavy (non-hydrogen) atoms. The Labute approximate surface area is 196 Å². The first-order valence-corrected chi connectivity index (χ1v) is 12.8. The molecule has 1 aliphatic rings. The molecule has 0 unspecified atom stereocenters. The van der Waals surface area contributed by atoms with Crippen molar-refractivity contribution in [3.05, 3.63) is 80.4 Å². The van der Waals surface area contributed by atoms with Crippen molar-refractivity contribution >= 4 is 34.5 Å². The SMILES string of the molecule is O=C(NC1CCCCC1)[C@H](c1ccccc1F)N(Cc1cccs1)C(=O)Cc1cccs1. The number of carbonyl (C=O) groups excluding carboxylic acids is 2. The first kappa shape index (κ1) is 22.7. The zero-order valence-electron chi connectivity index (χ0n) is 17.8. The Morgan fingerprint density at radius 1 is 0.969 bits per heavy atom. The van der Waals surface area contributed by atoms with E-state index in [4.69, 9.17) is 0 Å². The third-order valence-electron chi connectivity index (χ3n) is 5.84. The standard InChI is InChI=1S/C25H27FN2O2S2/c26-22-13-5-4-12-21(22)24(25(30)27-18-8-2-1-3-9-18)28(17-20-11-7-15-32-20)23(29)16-19-10-6-14-31-19/h4-7,10-15,18,24H,1-3,8-9,16-17H2,(H,27,30)/t24-/m0/s1. The fourth-order valence-corrected chi connectivity index (χ4v) is 5.63. The first-order valence-electron chi connectivity index (χ1n) is 11.0. The molecule has 0 radical (unpaired) electrons. The van der Waals surface area contributed by atoms with Gasteiger partial charge in [0.1, 0.15) is 11.9 Å². The van der Waals surface area contributed by atoms with Crippen molar-refractivity contribution in [2.75, 3.05) is 0 Å². The van der Waals surface area contributed by atoms with E-state index in [2.05, 4.69) is 5.32 Å². The monoisotopic (exact) mass is 470 g/mol. The van der Waals surface area contributed by atoms with E-state index in [0.29, 0.717) is 0 Å². The van der Waals surface area contributed by atoms with E-state index in [1.54, 1.807) is 23.1 Å². The molecule has 168 valence electrons. The highest BCUT2D eigenvalue weighted by Gasteiger charge is 2.34. The van der Waals surface area contributed by atoms with Gasteiger partial charge in [0.15, 0.2) is 0 Å². The highest BCUT2D eigenvalue weighted by molar-refractivity contribution is 7.10. The lowest BCUT2D eigenvalue weighted by Crippen LogP contribution is -2.47. The number of hydrogen-bond acceptors (Lipinski definition) is 4. The van der Waals surface area contributed by atoms with Crippen LogP contribution in [0.2, 0.25) is 0 Å². The molecule has 2 aromatic heterocycles. The summed E-state index contributed by atoms with van der Waals surface area (Å²) in [6.45, 7) is 0.263. The summed E-state index contributed by atoms with van der Waals surface area (Å²) < 4.78 is 14.9. The van der Waals surface area contributed by atoms with Crippen LogP contribution in [0.3, 0.4) is 0 Å². The quantitative estimate of drug-likeness (QED) is 0.458. The summed E-state index contributed by atoms with van der Waals surface area (Å²) in [5.74, 6) is -0.970. The van der Waals surface area contributed by atoms with Crippen molar-refractivity contribution in [1.82, 2.24) is 10.2 Å². The van der Waals surface area contributed by atoms with Gasteiger partial charge in [-0.3, -0.25) is 9.59 Å². The van der Waals surface area contributed by atoms with Crippen LogP contribution < -0.4 is 5.32 Å². The lowest BCUT2D eigenvalue weighted by molar-refractivity contribution is -0.141. The van der Waals surface area contributed by atoms with Crippen molar-refractivity contribution < 1.29 is 14.0 Å². The minimum atomic E-state index is -1.02. The van der Waals surface area contributed by atoms with Gasteiger partial charge in [-0.05, 0) is 41.8 Å². The molecular formula is C25H27FN2O2S2. The van der Waals surface area contributed by atoms with Gasteiger partial charge in [0.25, 0.3) is 0 Å². The lowest BCUT2D eigenvalue weighted by Gasteiger charge is -2.33. The maximum Gasteiger partial charge on any atom is 0.247 e. The van der Waals surface area contributed by atoms with E-state index in [9.17, 15) is 14.0 Å². The molecule has 1 aliphatic carbocycles. The van der Waals surface area contributed by atoms with Crippen LogP contribution in [-0.4, -0.2) is 22.8 Å². The molecule has 1 atom stereocenters. The van der Waals surface area contributed by atoms with Gasteiger partial charge < -0.3 is 10.2 Å². The van der Waals surface area contributed by atoms with Crippen LogP contribution in [0, 0.1) is 5.82 Å². The average Bonchev–Trinajstić information content (AvgIpc) is 3.49. The summed E-state index contributed by atoms with van der Waals surface area (Å²) in [6, 6.07) is 13.0. The number of halogens is 1. The lowest BCUT2D eigenvalue weighted by atomic mass is 9.94. The largest absolute Gasteiger partial charge is 0.351 e. The van der Waals surface area contributed by atoms with Crippen LogP contribution in [0.5, 0.6) is 0 Å². The van der Waals surface area contributed by atoms with Gasteiger partial charge in [0, 0.05) is 21.4 Å². The summed E-state index contributed by atoms with van der Waals surface area (Å²) in [5, 5.41) is 6.99. The van der Waals surface area contributed by atoms with Gasteiger partial charge in [0.05, 0.1) is 13.0 Å². The highest BCUT2D eigenvalue weighted by atomic mass is 32.1. The minimum Gasteiger partial charge on any atom is -0.351 e. The van der Waals surface area contributed by atoms with E-state index in [1.807, 2.05) is 35.0 Å². The zero-order valence-corrected chi connectivity index (χ0v) is 19.5. The Hall–Kier alpha value is -2.51. The smallest absolute Gasteiger partial charge is 0.247 e. The van der Waals surface area contributed by atoms with Gasteiger partial charge in [-0.25, -0.2) is 4.39 Å². The molecular weight excluding hydrogens is 443 g/mol. The van der Waals surface area contributed by atoms with E-state index in [0.717, 1.165) is 35.4 Å². The van der Waals surface area contributed by atoms with Crippen molar-refractivity contribution in [2.24, 2.45) is 0 Å². The van der Waals surface area contributed by atoms with E-state index in [-0.39, 0.29) is 36.4 Å².